The monoisotopic (exact) mass is 411 g/mol. The first-order valence-corrected chi connectivity index (χ1v) is 7.10. The molecule has 0 spiro atoms. The van der Waals surface area contributed by atoms with Gasteiger partial charge in [-0.2, -0.15) is 13.2 Å². The summed E-state index contributed by atoms with van der Waals surface area (Å²) in [5.74, 6) is -1.95. The average molecular weight is 412 g/mol. The smallest absolute Gasteiger partial charge is 0.422 e. The SMILES string of the molecule is COC(=O)/C=C(/Nc1c(Br)cccc1OCC(F)(F)F)C(=O)OC. The highest BCUT2D eigenvalue weighted by atomic mass is 79.9. The van der Waals surface area contributed by atoms with Gasteiger partial charge < -0.3 is 19.5 Å². The van der Waals surface area contributed by atoms with Gasteiger partial charge >= 0.3 is 18.1 Å². The second kappa shape index (κ2) is 8.57. The lowest BCUT2D eigenvalue weighted by Gasteiger charge is -2.16. The first-order chi connectivity index (χ1) is 11.2. The number of halogens is 4. The molecule has 1 aromatic rings. The molecule has 0 aliphatic heterocycles. The molecule has 0 amide bonds. The second-order valence-corrected chi connectivity index (χ2v) is 5.07. The molecule has 1 aromatic carbocycles. The van der Waals surface area contributed by atoms with E-state index in [9.17, 15) is 22.8 Å². The molecule has 0 heterocycles. The van der Waals surface area contributed by atoms with Gasteiger partial charge in [0.05, 0.1) is 26.0 Å². The van der Waals surface area contributed by atoms with E-state index in [1.165, 1.54) is 18.2 Å². The van der Waals surface area contributed by atoms with Crippen LogP contribution < -0.4 is 10.1 Å². The van der Waals surface area contributed by atoms with E-state index >= 15 is 0 Å². The summed E-state index contributed by atoms with van der Waals surface area (Å²) >= 11 is 3.13. The van der Waals surface area contributed by atoms with Gasteiger partial charge in [0.15, 0.2) is 6.61 Å². The van der Waals surface area contributed by atoms with Crippen molar-refractivity contribution in [1.82, 2.24) is 0 Å². The van der Waals surface area contributed by atoms with Crippen LogP contribution in [0.2, 0.25) is 0 Å². The van der Waals surface area contributed by atoms with Crippen LogP contribution in [0.1, 0.15) is 0 Å². The highest BCUT2D eigenvalue weighted by molar-refractivity contribution is 9.10. The predicted molar refractivity (Wildman–Crippen MR) is 81.4 cm³/mol. The van der Waals surface area contributed by atoms with Gasteiger partial charge in [0, 0.05) is 4.47 Å². The number of para-hydroxylation sites is 1. The van der Waals surface area contributed by atoms with Gasteiger partial charge in [-0.05, 0) is 28.1 Å². The molecule has 132 valence electrons. The molecule has 0 atom stereocenters. The number of methoxy groups -OCH3 is 2. The molecule has 0 aliphatic carbocycles. The predicted octanol–water partition coefficient (Wildman–Crippen LogP) is 3.03. The molecular weight excluding hydrogens is 399 g/mol. The molecule has 0 unspecified atom stereocenters. The van der Waals surface area contributed by atoms with Crippen LogP contribution in [0.15, 0.2) is 34.4 Å². The van der Waals surface area contributed by atoms with Crippen LogP contribution in [0.5, 0.6) is 5.75 Å². The average Bonchev–Trinajstić information content (AvgIpc) is 2.52. The number of anilines is 1. The van der Waals surface area contributed by atoms with E-state index in [0.29, 0.717) is 4.47 Å². The summed E-state index contributed by atoms with van der Waals surface area (Å²) < 4.78 is 50.9. The number of ether oxygens (including phenoxy) is 3. The summed E-state index contributed by atoms with van der Waals surface area (Å²) in [6.07, 6.45) is -3.73. The molecule has 0 saturated carbocycles. The zero-order valence-electron chi connectivity index (χ0n) is 12.6. The number of hydrogen-bond donors (Lipinski definition) is 1. The largest absolute Gasteiger partial charge is 0.482 e. The van der Waals surface area contributed by atoms with Gasteiger partial charge in [-0.15, -0.1) is 0 Å². The summed E-state index contributed by atoms with van der Waals surface area (Å²) in [7, 11) is 2.18. The van der Waals surface area contributed by atoms with Crippen molar-refractivity contribution in [2.24, 2.45) is 0 Å². The molecule has 6 nitrogen and oxygen atoms in total. The third kappa shape index (κ3) is 6.11. The first-order valence-electron chi connectivity index (χ1n) is 6.31. The molecule has 0 aromatic heterocycles. The van der Waals surface area contributed by atoms with Crippen molar-refractivity contribution >= 4 is 33.6 Å². The van der Waals surface area contributed by atoms with Gasteiger partial charge in [-0.1, -0.05) is 6.07 Å². The van der Waals surface area contributed by atoms with Gasteiger partial charge in [0.1, 0.15) is 11.4 Å². The number of benzene rings is 1. The number of nitrogens with one attached hydrogen (secondary N) is 1. The standard InChI is InChI=1S/C14H13BrF3NO5/c1-22-11(20)6-9(13(21)23-2)19-12-8(15)4-3-5-10(12)24-7-14(16,17)18/h3-6,19H,7H2,1-2H3/b9-6+. The van der Waals surface area contributed by atoms with Crippen molar-refractivity contribution in [3.63, 3.8) is 0 Å². The van der Waals surface area contributed by atoms with Crippen LogP contribution in [0.3, 0.4) is 0 Å². The van der Waals surface area contributed by atoms with Gasteiger partial charge in [0.2, 0.25) is 0 Å². The quantitative estimate of drug-likeness (QED) is 0.572. The summed E-state index contributed by atoms with van der Waals surface area (Å²) in [6.45, 7) is -1.52. The fourth-order valence-corrected chi connectivity index (χ4v) is 1.92. The summed E-state index contributed by atoms with van der Waals surface area (Å²) in [5, 5.41) is 2.51. The van der Waals surface area contributed by atoms with Crippen LogP contribution in [0, 0.1) is 0 Å². The normalized spacial score (nSPS) is 11.7. The Bertz CT molecular complexity index is 646. The lowest BCUT2D eigenvalue weighted by molar-refractivity contribution is -0.153. The lowest BCUT2D eigenvalue weighted by atomic mass is 10.2. The van der Waals surface area contributed by atoms with Gasteiger partial charge in [-0.25, -0.2) is 9.59 Å². The minimum atomic E-state index is -4.54. The van der Waals surface area contributed by atoms with E-state index in [-0.39, 0.29) is 17.1 Å². The maximum absolute atomic E-state index is 12.3. The Kier molecular flexibility index (Phi) is 7.08. The van der Waals surface area contributed by atoms with Crippen LogP contribution in [-0.4, -0.2) is 38.9 Å². The molecule has 1 N–H and O–H groups in total. The van der Waals surface area contributed by atoms with Crippen molar-refractivity contribution in [2.45, 2.75) is 6.18 Å². The molecule has 1 rings (SSSR count). The molecule has 10 heteroatoms. The van der Waals surface area contributed by atoms with E-state index < -0.39 is 24.7 Å². The topological polar surface area (TPSA) is 73.9 Å². The van der Waals surface area contributed by atoms with E-state index in [1.807, 2.05) is 0 Å². The number of alkyl halides is 3. The Morgan fingerprint density at radius 2 is 1.92 bits per heavy atom. The second-order valence-electron chi connectivity index (χ2n) is 4.21. The Morgan fingerprint density at radius 1 is 1.25 bits per heavy atom. The Labute approximate surface area is 143 Å². The van der Waals surface area contributed by atoms with E-state index in [2.05, 4.69) is 30.7 Å². The minimum Gasteiger partial charge on any atom is -0.482 e. The van der Waals surface area contributed by atoms with E-state index in [1.54, 1.807) is 0 Å². The Hall–Kier alpha value is -2.23. The molecule has 0 aliphatic rings. The highest BCUT2D eigenvalue weighted by Gasteiger charge is 2.29. The molecule has 0 radical (unpaired) electrons. The zero-order chi connectivity index (χ0) is 18.3. The summed E-state index contributed by atoms with van der Waals surface area (Å²) in [6, 6.07) is 4.23. The number of carbonyl (C=O) groups excluding carboxylic acids is 2. The third-order valence-electron chi connectivity index (χ3n) is 2.50. The first kappa shape index (κ1) is 19.8. The van der Waals surface area contributed by atoms with Gasteiger partial charge in [0.25, 0.3) is 0 Å². The van der Waals surface area contributed by atoms with Crippen LogP contribution in [0.25, 0.3) is 0 Å². The minimum absolute atomic E-state index is 0.0160. The fraction of sp³-hybridized carbons (Fsp3) is 0.286. The summed E-state index contributed by atoms with van der Waals surface area (Å²) in [4.78, 5) is 23.0. The fourth-order valence-electron chi connectivity index (χ4n) is 1.47. The number of carbonyl (C=O) groups is 2. The van der Waals surface area contributed by atoms with Crippen molar-refractivity contribution in [3.8, 4) is 5.75 Å². The van der Waals surface area contributed by atoms with Crippen LogP contribution in [0.4, 0.5) is 18.9 Å². The Balaban J connectivity index is 3.16. The van der Waals surface area contributed by atoms with Crippen molar-refractivity contribution in [2.75, 3.05) is 26.1 Å². The number of rotatable bonds is 6. The molecule has 0 saturated heterocycles. The third-order valence-corrected chi connectivity index (χ3v) is 3.16. The maximum atomic E-state index is 12.3. The summed E-state index contributed by atoms with van der Waals surface area (Å²) in [5.41, 5.74) is -0.324. The number of esters is 2. The van der Waals surface area contributed by atoms with E-state index in [4.69, 9.17) is 4.74 Å². The Morgan fingerprint density at radius 3 is 2.46 bits per heavy atom. The zero-order valence-corrected chi connectivity index (χ0v) is 14.2. The lowest BCUT2D eigenvalue weighted by Crippen LogP contribution is -2.20. The van der Waals surface area contributed by atoms with Crippen molar-refractivity contribution in [1.29, 1.82) is 0 Å². The number of hydrogen-bond acceptors (Lipinski definition) is 6. The highest BCUT2D eigenvalue weighted by Crippen LogP contribution is 2.34. The molecular formula is C14H13BrF3NO5. The maximum Gasteiger partial charge on any atom is 0.422 e. The van der Waals surface area contributed by atoms with E-state index in [0.717, 1.165) is 20.3 Å². The molecule has 24 heavy (non-hydrogen) atoms. The molecule has 0 bridgehead atoms. The van der Waals surface area contributed by atoms with Crippen molar-refractivity contribution in [3.05, 3.63) is 34.4 Å². The van der Waals surface area contributed by atoms with Gasteiger partial charge in [-0.3, -0.25) is 0 Å². The molecule has 0 fully saturated rings. The van der Waals surface area contributed by atoms with Crippen LogP contribution in [-0.2, 0) is 19.1 Å². The van der Waals surface area contributed by atoms with Crippen molar-refractivity contribution < 1.29 is 37.0 Å². The van der Waals surface area contributed by atoms with Crippen LogP contribution >= 0.6 is 15.9 Å².